The number of methoxy groups -OCH3 is 1. The summed E-state index contributed by atoms with van der Waals surface area (Å²) >= 11 is 0. The Labute approximate surface area is 116 Å². The lowest BCUT2D eigenvalue weighted by molar-refractivity contribution is 0.102. The zero-order valence-electron chi connectivity index (χ0n) is 11.2. The van der Waals surface area contributed by atoms with Crippen LogP contribution < -0.4 is 15.4 Å². The Hall–Kier alpha value is -2.34. The molecule has 0 bridgehead atoms. The third-order valence-corrected chi connectivity index (χ3v) is 3.39. The fraction of sp³-hybridized carbons (Fsp3) is 0.286. The third-order valence-electron chi connectivity index (χ3n) is 3.39. The van der Waals surface area contributed by atoms with E-state index in [0.29, 0.717) is 11.4 Å². The quantitative estimate of drug-likeness (QED) is 0.787. The van der Waals surface area contributed by atoms with Crippen LogP contribution in [0.2, 0.25) is 0 Å². The van der Waals surface area contributed by atoms with Gasteiger partial charge in [0.1, 0.15) is 5.75 Å². The van der Waals surface area contributed by atoms with Crippen molar-refractivity contribution in [2.24, 2.45) is 0 Å². The van der Waals surface area contributed by atoms with E-state index in [1.165, 1.54) is 0 Å². The number of ether oxygens (including phenoxy) is 1. The summed E-state index contributed by atoms with van der Waals surface area (Å²) in [5.41, 5.74) is 2.71. The highest BCUT2D eigenvalue weighted by atomic mass is 16.5. The minimum absolute atomic E-state index is 0.174. The van der Waals surface area contributed by atoms with E-state index < -0.39 is 0 Å². The van der Waals surface area contributed by atoms with Gasteiger partial charge in [-0.15, -0.1) is 0 Å². The third kappa shape index (κ3) is 2.37. The molecule has 0 fully saturated rings. The maximum absolute atomic E-state index is 12.2. The van der Waals surface area contributed by atoms with Crippen LogP contribution in [0.4, 0.5) is 5.82 Å². The molecule has 0 spiro atoms. The van der Waals surface area contributed by atoms with Crippen molar-refractivity contribution in [2.45, 2.75) is 13.0 Å². The van der Waals surface area contributed by atoms with E-state index in [1.807, 2.05) is 0 Å². The van der Waals surface area contributed by atoms with Gasteiger partial charge in [0, 0.05) is 36.3 Å². The number of carbonyl (C=O) groups is 1. The van der Waals surface area contributed by atoms with Crippen molar-refractivity contribution < 1.29 is 9.53 Å². The molecule has 1 aromatic heterocycles. The highest BCUT2D eigenvalue weighted by Gasteiger charge is 2.18. The van der Waals surface area contributed by atoms with Gasteiger partial charge in [0.05, 0.1) is 7.11 Å². The van der Waals surface area contributed by atoms with E-state index >= 15 is 0 Å². The number of benzene rings is 1. The molecule has 2 aromatic rings. The van der Waals surface area contributed by atoms with Gasteiger partial charge in [0.25, 0.3) is 5.91 Å². The Bertz CT molecular complexity index is 619. The molecule has 0 unspecified atom stereocenters. The van der Waals surface area contributed by atoms with Crippen molar-refractivity contribution >= 4 is 11.7 Å². The average Bonchev–Trinajstić information content (AvgIpc) is 2.91. The number of H-pyrrole nitrogens is 1. The summed E-state index contributed by atoms with van der Waals surface area (Å²) in [5.74, 6) is 1.16. The normalized spacial score (nSPS) is 13.7. The first-order valence-electron chi connectivity index (χ1n) is 6.50. The maximum atomic E-state index is 12.2. The SMILES string of the molecule is COc1ccc(C(=O)Nc2n[nH]c3c2CNCC3)cc1. The van der Waals surface area contributed by atoms with Crippen LogP contribution >= 0.6 is 0 Å². The first-order valence-corrected chi connectivity index (χ1v) is 6.50. The number of aromatic amines is 1. The van der Waals surface area contributed by atoms with Crippen LogP contribution in [0.15, 0.2) is 24.3 Å². The lowest BCUT2D eigenvalue weighted by atomic mass is 10.1. The number of carbonyl (C=O) groups excluding carboxylic acids is 1. The van der Waals surface area contributed by atoms with Crippen molar-refractivity contribution in [1.29, 1.82) is 0 Å². The van der Waals surface area contributed by atoms with E-state index in [-0.39, 0.29) is 5.91 Å². The van der Waals surface area contributed by atoms with Gasteiger partial charge >= 0.3 is 0 Å². The molecule has 1 aromatic carbocycles. The molecule has 2 heterocycles. The topological polar surface area (TPSA) is 79.0 Å². The van der Waals surface area contributed by atoms with E-state index in [4.69, 9.17) is 4.74 Å². The largest absolute Gasteiger partial charge is 0.497 e. The summed E-state index contributed by atoms with van der Waals surface area (Å²) in [6.45, 7) is 1.66. The van der Waals surface area contributed by atoms with Crippen LogP contribution in [0.5, 0.6) is 5.75 Å². The summed E-state index contributed by atoms with van der Waals surface area (Å²) in [4.78, 5) is 12.2. The van der Waals surface area contributed by atoms with Gasteiger partial charge in [-0.25, -0.2) is 0 Å². The molecule has 6 nitrogen and oxygen atoms in total. The number of hydrogen-bond acceptors (Lipinski definition) is 4. The van der Waals surface area contributed by atoms with Crippen molar-refractivity contribution in [1.82, 2.24) is 15.5 Å². The van der Waals surface area contributed by atoms with Crippen LogP contribution in [-0.2, 0) is 13.0 Å². The molecule has 104 valence electrons. The van der Waals surface area contributed by atoms with Gasteiger partial charge in [-0.1, -0.05) is 0 Å². The van der Waals surface area contributed by atoms with Crippen molar-refractivity contribution in [3.63, 3.8) is 0 Å². The number of anilines is 1. The molecule has 1 aliphatic heterocycles. The minimum Gasteiger partial charge on any atom is -0.497 e. The zero-order chi connectivity index (χ0) is 13.9. The zero-order valence-corrected chi connectivity index (χ0v) is 11.2. The molecule has 20 heavy (non-hydrogen) atoms. The van der Waals surface area contributed by atoms with Gasteiger partial charge in [-0.05, 0) is 24.3 Å². The van der Waals surface area contributed by atoms with E-state index in [2.05, 4.69) is 20.8 Å². The van der Waals surface area contributed by atoms with Gasteiger partial charge in [-0.2, -0.15) is 5.10 Å². The Morgan fingerprint density at radius 3 is 2.90 bits per heavy atom. The predicted octanol–water partition coefficient (Wildman–Crippen LogP) is 1.32. The summed E-state index contributed by atoms with van der Waals surface area (Å²) < 4.78 is 5.07. The van der Waals surface area contributed by atoms with E-state index in [0.717, 1.165) is 36.5 Å². The van der Waals surface area contributed by atoms with Crippen molar-refractivity contribution in [2.75, 3.05) is 19.0 Å². The Kier molecular flexibility index (Phi) is 3.39. The standard InChI is InChI=1S/C14H16N4O2/c1-20-10-4-2-9(3-5-10)14(19)16-13-11-8-15-7-6-12(11)17-18-13/h2-5,15H,6-8H2,1H3,(H2,16,17,18,19). The molecular weight excluding hydrogens is 256 g/mol. The fourth-order valence-electron chi connectivity index (χ4n) is 2.25. The molecule has 0 saturated heterocycles. The van der Waals surface area contributed by atoms with Gasteiger partial charge in [0.2, 0.25) is 0 Å². The molecule has 0 aliphatic carbocycles. The van der Waals surface area contributed by atoms with E-state index in [1.54, 1.807) is 31.4 Å². The summed E-state index contributed by atoms with van der Waals surface area (Å²) in [7, 11) is 1.60. The second-order valence-electron chi connectivity index (χ2n) is 4.64. The molecule has 3 N–H and O–H groups in total. The first-order chi connectivity index (χ1) is 9.78. The number of aromatic nitrogens is 2. The van der Waals surface area contributed by atoms with Crippen LogP contribution in [0, 0.1) is 0 Å². The molecule has 6 heteroatoms. The number of nitrogens with zero attached hydrogens (tertiary/aromatic N) is 1. The lowest BCUT2D eigenvalue weighted by Gasteiger charge is -2.13. The number of nitrogens with one attached hydrogen (secondary N) is 3. The van der Waals surface area contributed by atoms with E-state index in [9.17, 15) is 4.79 Å². The Morgan fingerprint density at radius 2 is 2.15 bits per heavy atom. The summed E-state index contributed by atoms with van der Waals surface area (Å²) in [6.07, 6.45) is 0.904. The maximum Gasteiger partial charge on any atom is 0.256 e. The molecular formula is C14H16N4O2. The molecule has 1 amide bonds. The molecule has 0 radical (unpaired) electrons. The molecule has 3 rings (SSSR count). The number of fused-ring (bicyclic) bond motifs is 1. The molecule has 1 aliphatic rings. The summed E-state index contributed by atoms with van der Waals surface area (Å²) in [6, 6.07) is 6.98. The van der Waals surface area contributed by atoms with Gasteiger partial charge in [0.15, 0.2) is 5.82 Å². The molecule has 0 atom stereocenters. The monoisotopic (exact) mass is 272 g/mol. The smallest absolute Gasteiger partial charge is 0.256 e. The van der Waals surface area contributed by atoms with Crippen molar-refractivity contribution in [3.05, 3.63) is 41.1 Å². The fourth-order valence-corrected chi connectivity index (χ4v) is 2.25. The van der Waals surface area contributed by atoms with Gasteiger partial charge < -0.3 is 15.4 Å². The predicted molar refractivity (Wildman–Crippen MR) is 74.9 cm³/mol. The number of hydrogen-bond donors (Lipinski definition) is 3. The number of amides is 1. The summed E-state index contributed by atoms with van der Waals surface area (Å²) in [5, 5.41) is 13.3. The lowest BCUT2D eigenvalue weighted by Crippen LogP contribution is -2.24. The Morgan fingerprint density at radius 1 is 1.35 bits per heavy atom. The second-order valence-corrected chi connectivity index (χ2v) is 4.64. The van der Waals surface area contributed by atoms with Crippen LogP contribution in [0.3, 0.4) is 0 Å². The van der Waals surface area contributed by atoms with Crippen molar-refractivity contribution in [3.8, 4) is 5.75 Å². The highest BCUT2D eigenvalue weighted by molar-refractivity contribution is 6.04. The average molecular weight is 272 g/mol. The van der Waals surface area contributed by atoms with Crippen LogP contribution in [0.25, 0.3) is 0 Å². The number of rotatable bonds is 3. The minimum atomic E-state index is -0.174. The highest BCUT2D eigenvalue weighted by Crippen LogP contribution is 2.20. The molecule has 0 saturated carbocycles. The van der Waals surface area contributed by atoms with Gasteiger partial charge in [-0.3, -0.25) is 9.89 Å². The Balaban J connectivity index is 1.76. The first kappa shape index (κ1) is 12.7. The second kappa shape index (κ2) is 5.34. The van der Waals surface area contributed by atoms with Crippen LogP contribution in [-0.4, -0.2) is 29.8 Å². The van der Waals surface area contributed by atoms with Crippen LogP contribution in [0.1, 0.15) is 21.6 Å².